The predicted molar refractivity (Wildman–Crippen MR) is 159 cm³/mol. The molecular weight excluding hydrogens is 533 g/mol. The maximum Gasteiger partial charge on any atom is 0.337 e. The quantitative estimate of drug-likeness (QED) is 0.335. The number of fused-ring (bicyclic) bond motifs is 1. The number of pyridine rings is 1. The predicted octanol–water partition coefficient (Wildman–Crippen LogP) is 6.09. The number of nitrogens with zero attached hydrogens (tertiary/aromatic N) is 3. The van der Waals surface area contributed by atoms with E-state index in [2.05, 4.69) is 22.0 Å². The van der Waals surface area contributed by atoms with Crippen LogP contribution in [0.25, 0.3) is 11.1 Å². The molecule has 1 amide bonds. The third-order valence-corrected chi connectivity index (χ3v) is 9.00. The number of halogens is 1. The van der Waals surface area contributed by atoms with Crippen LogP contribution in [0, 0.1) is 5.82 Å². The number of hydrogen-bond donors (Lipinski definition) is 1. The molecule has 1 saturated heterocycles. The van der Waals surface area contributed by atoms with Crippen molar-refractivity contribution in [2.75, 3.05) is 26.7 Å². The maximum absolute atomic E-state index is 13.6. The number of hydrogen-bond acceptors (Lipinski definition) is 5. The number of aryl methyl sites for hydroxylation is 1. The summed E-state index contributed by atoms with van der Waals surface area (Å²) in [5.41, 5.74) is 6.47. The van der Waals surface area contributed by atoms with Crippen molar-refractivity contribution in [2.45, 2.75) is 70.4 Å². The van der Waals surface area contributed by atoms with E-state index >= 15 is 0 Å². The molecule has 2 aromatic carbocycles. The molecule has 2 aliphatic heterocycles. The summed E-state index contributed by atoms with van der Waals surface area (Å²) in [5.74, 6) is 0.00486. The van der Waals surface area contributed by atoms with Crippen molar-refractivity contribution in [1.29, 1.82) is 0 Å². The van der Waals surface area contributed by atoms with Gasteiger partial charge in [0.25, 0.3) is 5.91 Å². The Morgan fingerprint density at radius 1 is 1.05 bits per heavy atom. The Bertz CT molecular complexity index is 1490. The Kier molecular flexibility index (Phi) is 7.99. The summed E-state index contributed by atoms with van der Waals surface area (Å²) in [6.45, 7) is 5.10. The molecule has 3 aromatic rings. The van der Waals surface area contributed by atoms with E-state index in [1.807, 2.05) is 24.0 Å². The second-order valence-electron chi connectivity index (χ2n) is 11.8. The van der Waals surface area contributed by atoms with Gasteiger partial charge in [0.1, 0.15) is 11.6 Å². The highest BCUT2D eigenvalue weighted by Crippen LogP contribution is 2.46. The van der Waals surface area contributed by atoms with Crippen molar-refractivity contribution in [3.63, 3.8) is 0 Å². The number of benzene rings is 2. The Balaban J connectivity index is 1.15. The van der Waals surface area contributed by atoms with Crippen molar-refractivity contribution in [2.24, 2.45) is 0 Å². The van der Waals surface area contributed by atoms with Crippen molar-refractivity contribution in [3.05, 3.63) is 81.9 Å². The molecule has 1 saturated carbocycles. The molecule has 1 aromatic heterocycles. The maximum atomic E-state index is 13.6. The first-order chi connectivity index (χ1) is 20.4. The van der Waals surface area contributed by atoms with Crippen LogP contribution in [0.3, 0.4) is 0 Å². The molecule has 0 unspecified atom stereocenters. The zero-order chi connectivity index (χ0) is 29.4. The molecule has 220 valence electrons. The normalized spacial score (nSPS) is 17.8. The number of carboxylic acids is 1. The van der Waals surface area contributed by atoms with Crippen LogP contribution in [0.2, 0.25) is 0 Å². The lowest BCUT2D eigenvalue weighted by Crippen LogP contribution is -2.50. The molecule has 0 atom stereocenters. The van der Waals surface area contributed by atoms with E-state index in [4.69, 9.17) is 4.74 Å². The van der Waals surface area contributed by atoms with E-state index in [1.54, 1.807) is 13.2 Å². The monoisotopic (exact) mass is 571 g/mol. The minimum atomic E-state index is -1.03. The lowest BCUT2D eigenvalue weighted by Gasteiger charge is -2.40. The van der Waals surface area contributed by atoms with Gasteiger partial charge in [0, 0.05) is 44.2 Å². The molecule has 1 N–H and O–H groups in total. The average molecular weight is 572 g/mol. The van der Waals surface area contributed by atoms with Gasteiger partial charge in [0.2, 0.25) is 0 Å². The van der Waals surface area contributed by atoms with Crippen molar-refractivity contribution < 1.29 is 23.8 Å². The first-order valence-corrected chi connectivity index (χ1v) is 15.1. The molecule has 8 heteroatoms. The Morgan fingerprint density at radius 3 is 2.43 bits per heavy atom. The van der Waals surface area contributed by atoms with E-state index in [1.165, 1.54) is 30.5 Å². The van der Waals surface area contributed by atoms with Crippen molar-refractivity contribution >= 4 is 11.9 Å². The highest BCUT2D eigenvalue weighted by atomic mass is 19.1. The topological polar surface area (TPSA) is 83.0 Å². The summed E-state index contributed by atoms with van der Waals surface area (Å²) in [6, 6.07) is 12.8. The molecular formula is C34H38FN3O4. The molecule has 7 nitrogen and oxygen atoms in total. The first-order valence-electron chi connectivity index (χ1n) is 15.1. The van der Waals surface area contributed by atoms with Gasteiger partial charge in [-0.15, -0.1) is 0 Å². The van der Waals surface area contributed by atoms with Crippen LogP contribution in [0.5, 0.6) is 5.75 Å². The molecule has 42 heavy (non-hydrogen) atoms. The zero-order valence-corrected chi connectivity index (χ0v) is 24.4. The fourth-order valence-electron chi connectivity index (χ4n) is 6.61. The van der Waals surface area contributed by atoms with Crippen molar-refractivity contribution in [1.82, 2.24) is 14.8 Å². The number of methoxy groups -OCH3 is 1. The summed E-state index contributed by atoms with van der Waals surface area (Å²) in [4.78, 5) is 34.4. The number of likely N-dealkylation sites (tertiary alicyclic amines) is 1. The molecule has 0 bridgehead atoms. The Morgan fingerprint density at radius 2 is 1.79 bits per heavy atom. The van der Waals surface area contributed by atoms with Crippen molar-refractivity contribution in [3.8, 4) is 16.9 Å². The number of carbonyl (C=O) groups excluding carboxylic acids is 1. The van der Waals surface area contributed by atoms with Crippen LogP contribution in [0.15, 0.2) is 42.5 Å². The molecule has 3 heterocycles. The number of carbonyl (C=O) groups is 2. The second-order valence-corrected chi connectivity index (χ2v) is 11.8. The van der Waals surface area contributed by atoms with Gasteiger partial charge >= 0.3 is 5.97 Å². The smallest absolute Gasteiger partial charge is 0.337 e. The second kappa shape index (κ2) is 11.8. The third kappa shape index (κ3) is 5.64. The summed E-state index contributed by atoms with van der Waals surface area (Å²) < 4.78 is 19.4. The third-order valence-electron chi connectivity index (χ3n) is 9.00. The van der Waals surface area contributed by atoms with Crippen LogP contribution < -0.4 is 4.74 Å². The SMILES string of the molecule is CCCc1nc2c(cc1C(=O)O)C(=O)N(C1CCN(Cc3cc(C4CC4)c(-c4ccc(F)cc4)cc3OC)CC1)CC2. The number of piperidine rings is 1. The van der Waals surface area contributed by atoms with Gasteiger partial charge in [-0.2, -0.15) is 0 Å². The summed E-state index contributed by atoms with van der Waals surface area (Å²) in [5, 5.41) is 9.72. The van der Waals surface area contributed by atoms with E-state index in [0.29, 0.717) is 36.6 Å². The number of aromatic carboxylic acids is 1. The van der Waals surface area contributed by atoms with E-state index in [9.17, 15) is 19.1 Å². The summed E-state index contributed by atoms with van der Waals surface area (Å²) in [6.07, 6.45) is 6.10. The summed E-state index contributed by atoms with van der Waals surface area (Å²) >= 11 is 0. The van der Waals surface area contributed by atoms with Gasteiger partial charge in [0.15, 0.2) is 0 Å². The fourth-order valence-corrected chi connectivity index (χ4v) is 6.61. The highest BCUT2D eigenvalue weighted by molar-refractivity contribution is 5.99. The zero-order valence-electron chi connectivity index (χ0n) is 24.4. The molecule has 1 aliphatic carbocycles. The van der Waals surface area contributed by atoms with Gasteiger partial charge in [-0.25, -0.2) is 9.18 Å². The lowest BCUT2D eigenvalue weighted by atomic mass is 9.93. The van der Waals surface area contributed by atoms with Crippen LogP contribution in [0.4, 0.5) is 4.39 Å². The molecule has 3 aliphatic rings. The largest absolute Gasteiger partial charge is 0.496 e. The summed E-state index contributed by atoms with van der Waals surface area (Å²) in [7, 11) is 1.70. The van der Waals surface area contributed by atoms with Crippen LogP contribution >= 0.6 is 0 Å². The minimum absolute atomic E-state index is 0.0973. The van der Waals surface area contributed by atoms with Gasteiger partial charge in [-0.1, -0.05) is 25.5 Å². The molecule has 0 spiro atoms. The van der Waals surface area contributed by atoms with Crippen LogP contribution in [0.1, 0.15) is 88.2 Å². The number of ether oxygens (including phenoxy) is 1. The number of aromatic nitrogens is 1. The van der Waals surface area contributed by atoms with Gasteiger partial charge in [-0.05, 0) is 85.0 Å². The number of amides is 1. The fraction of sp³-hybridized carbons (Fsp3) is 0.441. The first kappa shape index (κ1) is 28.3. The molecule has 0 radical (unpaired) electrons. The highest BCUT2D eigenvalue weighted by Gasteiger charge is 2.34. The van der Waals surface area contributed by atoms with Gasteiger partial charge in [-0.3, -0.25) is 14.7 Å². The van der Waals surface area contributed by atoms with Gasteiger partial charge in [0.05, 0.1) is 29.6 Å². The average Bonchev–Trinajstić information content (AvgIpc) is 3.84. The molecule has 2 fully saturated rings. The standard InChI is InChI=1S/C34H38FN3O4/c1-3-4-30-29(34(40)41)18-28-31(36-30)13-16-38(33(28)39)25-11-14-37(15-12-25)20-23-17-26(21-5-6-21)27(19-32(23)42-2)22-7-9-24(35)10-8-22/h7-10,17-19,21,25H,3-6,11-16,20H2,1-2H3,(H,40,41). The van der Waals surface area contributed by atoms with E-state index < -0.39 is 5.97 Å². The Labute approximate surface area is 246 Å². The minimum Gasteiger partial charge on any atom is -0.496 e. The van der Waals surface area contributed by atoms with E-state index in [-0.39, 0.29) is 23.3 Å². The lowest BCUT2D eigenvalue weighted by molar-refractivity contribution is 0.0543. The van der Waals surface area contributed by atoms with Crippen LogP contribution in [-0.4, -0.2) is 64.6 Å². The van der Waals surface area contributed by atoms with Crippen LogP contribution in [-0.2, 0) is 19.4 Å². The van der Waals surface area contributed by atoms with E-state index in [0.717, 1.165) is 67.0 Å². The molecule has 6 rings (SSSR count). The number of rotatable bonds is 9. The van der Waals surface area contributed by atoms with Gasteiger partial charge < -0.3 is 14.7 Å². The Hall–Kier alpha value is -3.78. The number of carboxylic acid groups (broad SMARTS) is 1.